The first-order valence-electron chi connectivity index (χ1n) is 5.73. The first kappa shape index (κ1) is 15.7. The summed E-state index contributed by atoms with van der Waals surface area (Å²) in [6.07, 6.45) is -0.885. The van der Waals surface area contributed by atoms with E-state index in [1.165, 1.54) is 12.1 Å². The van der Waals surface area contributed by atoms with Gasteiger partial charge < -0.3 is 31.1 Å². The summed E-state index contributed by atoms with van der Waals surface area (Å²) in [5.41, 5.74) is 5.98. The van der Waals surface area contributed by atoms with Gasteiger partial charge >= 0.3 is 0 Å². The molecule has 0 saturated carbocycles. The second-order valence-corrected chi connectivity index (χ2v) is 3.99. The molecule has 1 amide bonds. The molecule has 0 aromatic heterocycles. The second-order valence-electron chi connectivity index (χ2n) is 3.99. The first-order chi connectivity index (χ1) is 9.36. The quantitative estimate of drug-likeness (QED) is 0.473. The van der Waals surface area contributed by atoms with Gasteiger partial charge in [-0.25, -0.2) is 0 Å². The van der Waals surface area contributed by atoms with Crippen molar-refractivity contribution in [3.8, 4) is 11.5 Å². The lowest BCUT2D eigenvalue weighted by molar-refractivity contribution is -0.134. The van der Waals surface area contributed by atoms with Crippen LogP contribution in [0.2, 0.25) is 0 Å². The molecule has 0 bridgehead atoms. The fourth-order valence-corrected chi connectivity index (χ4v) is 1.57. The molecule has 1 aliphatic heterocycles. The molecule has 1 aliphatic rings. The number of carbonyl (C=O) groups is 2. The molecule has 2 rings (SSSR count). The number of nitrogens with one attached hydrogen (secondary N) is 1. The maximum Gasteiger partial charge on any atom is 0.300 e. The molecule has 1 aromatic rings. The van der Waals surface area contributed by atoms with Gasteiger partial charge in [0.2, 0.25) is 0 Å². The molecule has 8 nitrogen and oxygen atoms in total. The molecule has 0 fully saturated rings. The van der Waals surface area contributed by atoms with E-state index in [1.54, 1.807) is 0 Å². The molecule has 0 aliphatic carbocycles. The lowest BCUT2D eigenvalue weighted by Gasteiger charge is -2.23. The van der Waals surface area contributed by atoms with Gasteiger partial charge in [-0.15, -0.1) is 0 Å². The van der Waals surface area contributed by atoms with E-state index in [4.69, 9.17) is 20.4 Å². The van der Waals surface area contributed by atoms with Crippen molar-refractivity contribution in [1.29, 1.82) is 0 Å². The molecule has 6 N–H and O–H groups in total. The zero-order chi connectivity index (χ0) is 15.3. The number of hydrogen-bond donors (Lipinski definition) is 5. The van der Waals surface area contributed by atoms with Crippen molar-refractivity contribution in [3.05, 3.63) is 17.7 Å². The van der Waals surface area contributed by atoms with Gasteiger partial charge in [0.25, 0.3) is 11.9 Å². The third kappa shape index (κ3) is 3.84. The number of hydrogen-bond acceptors (Lipinski definition) is 6. The molecule has 1 unspecified atom stereocenters. The van der Waals surface area contributed by atoms with E-state index >= 15 is 0 Å². The SMILES string of the molecule is CC(=O)O.NCC(O)c1ccc(O)c2c1OCC(=O)N2. The van der Waals surface area contributed by atoms with Crippen LogP contribution in [0.25, 0.3) is 0 Å². The smallest absolute Gasteiger partial charge is 0.300 e. The largest absolute Gasteiger partial charge is 0.506 e. The average Bonchev–Trinajstić information content (AvgIpc) is 2.38. The summed E-state index contributed by atoms with van der Waals surface area (Å²) in [7, 11) is 0. The number of carboxylic acid groups (broad SMARTS) is 1. The molecular weight excluding hydrogens is 268 g/mol. The summed E-state index contributed by atoms with van der Waals surface area (Å²) < 4.78 is 5.18. The monoisotopic (exact) mass is 284 g/mol. The predicted molar refractivity (Wildman–Crippen MR) is 69.6 cm³/mol. The van der Waals surface area contributed by atoms with Crippen molar-refractivity contribution < 1.29 is 29.6 Å². The van der Waals surface area contributed by atoms with Crippen LogP contribution in [0.3, 0.4) is 0 Å². The van der Waals surface area contributed by atoms with Gasteiger partial charge in [-0.05, 0) is 12.1 Å². The number of aromatic hydroxyl groups is 1. The molecule has 0 spiro atoms. The van der Waals surface area contributed by atoms with Gasteiger partial charge in [0.05, 0.1) is 6.10 Å². The second kappa shape index (κ2) is 6.73. The van der Waals surface area contributed by atoms with E-state index in [2.05, 4.69) is 5.32 Å². The number of rotatable bonds is 2. The van der Waals surface area contributed by atoms with Gasteiger partial charge in [-0.2, -0.15) is 0 Å². The minimum atomic E-state index is -0.885. The number of nitrogens with two attached hydrogens (primary N) is 1. The summed E-state index contributed by atoms with van der Waals surface area (Å²) >= 11 is 0. The number of benzene rings is 1. The molecule has 20 heavy (non-hydrogen) atoms. The lowest BCUT2D eigenvalue weighted by atomic mass is 10.1. The predicted octanol–water partition coefficient (Wildman–Crippen LogP) is -0.194. The highest BCUT2D eigenvalue weighted by Gasteiger charge is 2.24. The molecule has 0 radical (unpaired) electrons. The summed E-state index contributed by atoms with van der Waals surface area (Å²) in [5, 5.41) is 29.1. The van der Waals surface area contributed by atoms with Crippen molar-refractivity contribution in [2.75, 3.05) is 18.5 Å². The summed E-state index contributed by atoms with van der Waals surface area (Å²) in [6.45, 7) is 0.981. The van der Waals surface area contributed by atoms with Crippen LogP contribution in [-0.4, -0.2) is 40.3 Å². The number of aliphatic hydroxyl groups is 1. The van der Waals surface area contributed by atoms with E-state index in [-0.39, 0.29) is 36.2 Å². The number of aliphatic hydroxyl groups excluding tert-OH is 1. The van der Waals surface area contributed by atoms with Crippen LogP contribution in [0, 0.1) is 0 Å². The summed E-state index contributed by atoms with van der Waals surface area (Å²) in [5.74, 6) is -1.00. The minimum Gasteiger partial charge on any atom is -0.506 e. The number of aliphatic carboxylic acids is 1. The van der Waals surface area contributed by atoms with Crippen molar-refractivity contribution in [2.45, 2.75) is 13.0 Å². The Morgan fingerprint density at radius 2 is 2.15 bits per heavy atom. The summed E-state index contributed by atoms with van der Waals surface area (Å²) in [6, 6.07) is 2.89. The van der Waals surface area contributed by atoms with Crippen LogP contribution < -0.4 is 15.8 Å². The summed E-state index contributed by atoms with van der Waals surface area (Å²) in [4.78, 5) is 20.1. The van der Waals surface area contributed by atoms with Crippen molar-refractivity contribution in [1.82, 2.24) is 0 Å². The van der Waals surface area contributed by atoms with E-state index in [1.807, 2.05) is 0 Å². The Balaban J connectivity index is 0.000000444. The average molecular weight is 284 g/mol. The van der Waals surface area contributed by atoms with Gasteiger partial charge in [-0.1, -0.05) is 0 Å². The molecule has 0 saturated heterocycles. The van der Waals surface area contributed by atoms with Gasteiger partial charge in [0, 0.05) is 19.0 Å². The Hall–Kier alpha value is -2.32. The number of amides is 1. The van der Waals surface area contributed by atoms with Crippen LogP contribution in [0.5, 0.6) is 11.5 Å². The molecule has 1 atom stereocenters. The maximum atomic E-state index is 11.1. The Morgan fingerprint density at radius 3 is 2.70 bits per heavy atom. The third-order valence-corrected chi connectivity index (χ3v) is 2.36. The highest BCUT2D eigenvalue weighted by Crippen LogP contribution is 2.41. The number of carbonyl (C=O) groups excluding carboxylic acids is 1. The van der Waals surface area contributed by atoms with Crippen molar-refractivity contribution in [2.24, 2.45) is 5.73 Å². The fourth-order valence-electron chi connectivity index (χ4n) is 1.57. The highest BCUT2D eigenvalue weighted by molar-refractivity contribution is 5.97. The van der Waals surface area contributed by atoms with E-state index in [9.17, 15) is 15.0 Å². The van der Waals surface area contributed by atoms with E-state index in [0.29, 0.717) is 5.56 Å². The Bertz CT molecular complexity index is 513. The number of anilines is 1. The van der Waals surface area contributed by atoms with Gasteiger partial charge in [0.1, 0.15) is 11.4 Å². The standard InChI is InChI=1S/C10H12N2O4.C2H4O2/c11-3-7(14)5-1-2-6(13)9-10(5)16-4-8(15)12-9;1-2(3)4/h1-2,7,13-14H,3-4,11H2,(H,12,15);1H3,(H,3,4). The normalized spacial score (nSPS) is 14.1. The van der Waals surface area contributed by atoms with Crippen LogP contribution in [-0.2, 0) is 9.59 Å². The highest BCUT2D eigenvalue weighted by atomic mass is 16.5. The van der Waals surface area contributed by atoms with Gasteiger partial charge in [-0.3, -0.25) is 9.59 Å². The van der Waals surface area contributed by atoms with Crippen LogP contribution in [0.1, 0.15) is 18.6 Å². The zero-order valence-corrected chi connectivity index (χ0v) is 10.8. The van der Waals surface area contributed by atoms with Crippen LogP contribution >= 0.6 is 0 Å². The van der Waals surface area contributed by atoms with Crippen molar-refractivity contribution >= 4 is 17.6 Å². The van der Waals surface area contributed by atoms with Crippen LogP contribution in [0.15, 0.2) is 12.1 Å². The Morgan fingerprint density at radius 1 is 1.55 bits per heavy atom. The number of ether oxygens (including phenoxy) is 1. The number of fused-ring (bicyclic) bond motifs is 1. The molecule has 110 valence electrons. The Labute approximate surface area is 114 Å². The zero-order valence-electron chi connectivity index (χ0n) is 10.8. The number of carboxylic acids is 1. The lowest BCUT2D eigenvalue weighted by Crippen LogP contribution is -2.27. The van der Waals surface area contributed by atoms with E-state index in [0.717, 1.165) is 6.92 Å². The molecule has 8 heteroatoms. The molecular formula is C12H16N2O6. The number of phenolic OH excluding ortho intramolecular Hbond substituents is 1. The number of phenols is 1. The third-order valence-electron chi connectivity index (χ3n) is 2.36. The Kier molecular flexibility index (Phi) is 5.30. The molecule has 1 aromatic carbocycles. The van der Waals surface area contributed by atoms with E-state index < -0.39 is 12.1 Å². The van der Waals surface area contributed by atoms with Crippen LogP contribution in [0.4, 0.5) is 5.69 Å². The topological polar surface area (TPSA) is 142 Å². The van der Waals surface area contributed by atoms with Crippen molar-refractivity contribution in [3.63, 3.8) is 0 Å². The maximum absolute atomic E-state index is 11.1. The minimum absolute atomic E-state index is 0.0362. The first-order valence-corrected chi connectivity index (χ1v) is 5.73. The molecule has 1 heterocycles. The van der Waals surface area contributed by atoms with Gasteiger partial charge in [0.15, 0.2) is 12.4 Å². The fraction of sp³-hybridized carbons (Fsp3) is 0.333.